The molecule has 1 aromatic heterocycles. The van der Waals surface area contributed by atoms with Gasteiger partial charge in [-0.15, -0.1) is 0 Å². The Balaban J connectivity index is 1.71. The van der Waals surface area contributed by atoms with Crippen molar-refractivity contribution in [2.45, 2.75) is 22.4 Å². The molecule has 0 aliphatic carbocycles. The van der Waals surface area contributed by atoms with Crippen molar-refractivity contribution in [1.29, 1.82) is 0 Å². The molecule has 1 aliphatic heterocycles. The lowest BCUT2D eigenvalue weighted by atomic mass is 10.0. The Hall–Kier alpha value is -2.71. The minimum Gasteiger partial charge on any atom is -0.465 e. The van der Waals surface area contributed by atoms with Crippen LogP contribution in [0.2, 0.25) is 5.02 Å². The van der Waals surface area contributed by atoms with Crippen molar-refractivity contribution >= 4 is 41.0 Å². The first-order valence-corrected chi connectivity index (χ1v) is 8.78. The van der Waals surface area contributed by atoms with Gasteiger partial charge >= 0.3 is 6.09 Å². The molecule has 9 heteroatoms. The van der Waals surface area contributed by atoms with Crippen molar-refractivity contribution in [3.05, 3.63) is 60.2 Å². The number of nitrogens with two attached hydrogens (primary N) is 1. The second-order valence-corrected chi connectivity index (χ2v) is 7.17. The molecule has 1 aromatic carbocycles. The molecular weight excluding hydrogens is 374 g/mol. The second-order valence-electron chi connectivity index (χ2n) is 5.73. The highest BCUT2D eigenvalue weighted by molar-refractivity contribution is 7.99. The smallest absolute Gasteiger partial charge is 0.405 e. The number of halogens is 1. The van der Waals surface area contributed by atoms with Crippen molar-refractivity contribution in [2.75, 3.05) is 10.6 Å². The predicted molar refractivity (Wildman–Crippen MR) is 102 cm³/mol. The van der Waals surface area contributed by atoms with Gasteiger partial charge in [0, 0.05) is 17.3 Å². The van der Waals surface area contributed by atoms with E-state index in [4.69, 9.17) is 22.4 Å². The Morgan fingerprint density at radius 1 is 1.31 bits per heavy atom. The second kappa shape index (κ2) is 7.27. The molecule has 1 aliphatic rings. The Morgan fingerprint density at radius 2 is 2.04 bits per heavy atom. The fraction of sp³-hybridized carbons (Fsp3) is 0.118. The summed E-state index contributed by atoms with van der Waals surface area (Å²) in [6.07, 6.45) is 9.13. The van der Waals surface area contributed by atoms with E-state index in [1.807, 2.05) is 12.1 Å². The first-order valence-electron chi connectivity index (χ1n) is 7.58. The average Bonchev–Trinajstić information content (AvgIpc) is 2.59. The van der Waals surface area contributed by atoms with E-state index < -0.39 is 11.6 Å². The Bertz CT molecular complexity index is 871. The summed E-state index contributed by atoms with van der Waals surface area (Å²) in [5, 5.41) is 12.5. The molecule has 3 rings (SSSR count). The summed E-state index contributed by atoms with van der Waals surface area (Å²) in [6, 6.07) is 5.44. The van der Waals surface area contributed by atoms with Crippen LogP contribution in [0.5, 0.6) is 0 Å². The molecule has 4 N–H and O–H groups in total. The van der Waals surface area contributed by atoms with Crippen LogP contribution in [-0.4, -0.2) is 26.7 Å². The van der Waals surface area contributed by atoms with E-state index in [-0.39, 0.29) is 0 Å². The average molecular weight is 390 g/mol. The summed E-state index contributed by atoms with van der Waals surface area (Å²) >= 11 is 7.57. The lowest BCUT2D eigenvalue weighted by Crippen LogP contribution is -2.43. The first kappa shape index (κ1) is 18.1. The van der Waals surface area contributed by atoms with Gasteiger partial charge in [-0.3, -0.25) is 0 Å². The van der Waals surface area contributed by atoms with Crippen molar-refractivity contribution in [3.63, 3.8) is 0 Å². The van der Waals surface area contributed by atoms with Gasteiger partial charge in [0.2, 0.25) is 0 Å². The number of amides is 1. The Morgan fingerprint density at radius 3 is 2.65 bits per heavy atom. The maximum atomic E-state index is 10.8. The molecule has 1 amide bonds. The fourth-order valence-corrected chi connectivity index (χ4v) is 3.29. The van der Waals surface area contributed by atoms with Crippen molar-refractivity contribution in [2.24, 2.45) is 0 Å². The number of nitrogens with zero attached hydrogens (tertiary/aromatic N) is 3. The van der Waals surface area contributed by atoms with Gasteiger partial charge < -0.3 is 21.1 Å². The van der Waals surface area contributed by atoms with Crippen LogP contribution in [0.25, 0.3) is 0 Å². The normalized spacial score (nSPS) is 15.1. The summed E-state index contributed by atoms with van der Waals surface area (Å²) in [4.78, 5) is 22.2. The molecule has 0 atom stereocenters. The molecule has 2 heterocycles. The highest BCUT2D eigenvalue weighted by Crippen LogP contribution is 2.35. The van der Waals surface area contributed by atoms with Crippen LogP contribution < -0.4 is 16.0 Å². The SMILES string of the molecule is CC1(NC(=O)O)C=CN(c2cnc(Sc3cccc(N)c3Cl)cn2)C=C1. The molecule has 2 aromatic rings. The number of rotatable bonds is 4. The van der Waals surface area contributed by atoms with Crippen molar-refractivity contribution in [3.8, 4) is 0 Å². The van der Waals surface area contributed by atoms with Crippen LogP contribution in [0.15, 0.2) is 65.1 Å². The lowest BCUT2D eigenvalue weighted by Gasteiger charge is -2.28. The molecule has 0 saturated carbocycles. The standard InChI is InChI=1S/C17H16ClN5O2S/c1-17(22-16(24)25)5-7-23(8-6-17)13-9-21-14(10-20-13)26-12-4-2-3-11(19)15(12)18/h2-10,22H,19H2,1H3,(H,24,25). The summed E-state index contributed by atoms with van der Waals surface area (Å²) < 4.78 is 0. The molecule has 0 fully saturated rings. The van der Waals surface area contributed by atoms with Crippen LogP contribution in [0, 0.1) is 0 Å². The number of nitrogens with one attached hydrogen (secondary N) is 1. The number of carbonyl (C=O) groups is 1. The number of benzene rings is 1. The van der Waals surface area contributed by atoms with Gasteiger partial charge in [0.05, 0.1) is 28.6 Å². The molecule has 0 unspecified atom stereocenters. The van der Waals surface area contributed by atoms with Gasteiger partial charge in [0.1, 0.15) is 5.03 Å². The van der Waals surface area contributed by atoms with Gasteiger partial charge in [-0.05, 0) is 31.2 Å². The van der Waals surface area contributed by atoms with E-state index in [0.717, 1.165) is 4.90 Å². The quantitative estimate of drug-likeness (QED) is 0.684. The highest BCUT2D eigenvalue weighted by Gasteiger charge is 2.23. The third-order valence-electron chi connectivity index (χ3n) is 3.63. The minimum absolute atomic E-state index is 0.496. The van der Waals surface area contributed by atoms with E-state index in [1.165, 1.54) is 11.8 Å². The molecule has 134 valence electrons. The highest BCUT2D eigenvalue weighted by atomic mass is 35.5. The molecule has 0 spiro atoms. The topological polar surface area (TPSA) is 104 Å². The minimum atomic E-state index is -1.09. The van der Waals surface area contributed by atoms with Gasteiger partial charge in [-0.2, -0.15) is 0 Å². The van der Waals surface area contributed by atoms with Gasteiger partial charge in [0.15, 0.2) is 5.82 Å². The Labute approximate surface area is 159 Å². The molecule has 7 nitrogen and oxygen atoms in total. The number of hydrogen-bond acceptors (Lipinski definition) is 6. The molecule has 0 saturated heterocycles. The van der Waals surface area contributed by atoms with Gasteiger partial charge in [-0.1, -0.05) is 29.4 Å². The van der Waals surface area contributed by atoms with Crippen molar-refractivity contribution in [1.82, 2.24) is 15.3 Å². The van der Waals surface area contributed by atoms with Crippen LogP contribution in [0.1, 0.15) is 6.92 Å². The van der Waals surface area contributed by atoms with E-state index in [2.05, 4.69) is 15.3 Å². The predicted octanol–water partition coefficient (Wildman–Crippen LogP) is 3.74. The van der Waals surface area contributed by atoms with E-state index >= 15 is 0 Å². The fourth-order valence-electron chi connectivity index (χ4n) is 2.26. The zero-order valence-corrected chi connectivity index (χ0v) is 15.3. The number of carboxylic acid groups (broad SMARTS) is 1. The molecule has 0 radical (unpaired) electrons. The van der Waals surface area contributed by atoms with Gasteiger partial charge in [-0.25, -0.2) is 14.8 Å². The van der Waals surface area contributed by atoms with Crippen LogP contribution >= 0.6 is 23.4 Å². The van der Waals surface area contributed by atoms with E-state index in [9.17, 15) is 4.79 Å². The van der Waals surface area contributed by atoms with Crippen LogP contribution in [0.3, 0.4) is 0 Å². The number of nitrogen functional groups attached to an aromatic ring is 1. The van der Waals surface area contributed by atoms with Crippen molar-refractivity contribution < 1.29 is 9.90 Å². The van der Waals surface area contributed by atoms with E-state index in [0.29, 0.717) is 21.6 Å². The lowest BCUT2D eigenvalue weighted by molar-refractivity contribution is 0.189. The summed E-state index contributed by atoms with van der Waals surface area (Å²) in [6.45, 7) is 1.76. The van der Waals surface area contributed by atoms with E-state index in [1.54, 1.807) is 54.8 Å². The summed E-state index contributed by atoms with van der Waals surface area (Å²) in [5.41, 5.74) is 5.57. The van der Waals surface area contributed by atoms with Crippen LogP contribution in [0.4, 0.5) is 16.3 Å². The zero-order chi connectivity index (χ0) is 18.7. The summed E-state index contributed by atoms with van der Waals surface area (Å²) in [5.74, 6) is 0.609. The largest absolute Gasteiger partial charge is 0.465 e. The number of hydrogen-bond donors (Lipinski definition) is 3. The number of anilines is 2. The molecule has 0 bridgehead atoms. The third-order valence-corrected chi connectivity index (χ3v) is 5.14. The third kappa shape index (κ3) is 4.09. The molecule has 26 heavy (non-hydrogen) atoms. The number of aromatic nitrogens is 2. The van der Waals surface area contributed by atoms with Crippen LogP contribution in [-0.2, 0) is 0 Å². The maximum Gasteiger partial charge on any atom is 0.405 e. The Kier molecular flexibility index (Phi) is 5.06. The maximum absolute atomic E-state index is 10.8. The van der Waals surface area contributed by atoms with Gasteiger partial charge in [0.25, 0.3) is 0 Å². The zero-order valence-electron chi connectivity index (χ0n) is 13.8. The monoisotopic (exact) mass is 389 g/mol. The molecular formula is C17H16ClN5O2S. The summed E-state index contributed by atoms with van der Waals surface area (Å²) in [7, 11) is 0. The first-order chi connectivity index (χ1) is 12.4.